The minimum absolute atomic E-state index is 0.268. The van der Waals surface area contributed by atoms with Crippen LogP contribution in [0.2, 0.25) is 0 Å². The molecule has 2 rings (SSSR count). The third-order valence-corrected chi connectivity index (χ3v) is 3.34. The standard InChI is InChI=1S/C12H15BrO/c1-8-6-10(13)4-5-11(8)12(14)7-9-2-3-9/h4-6,9,12,14H,2-3,7H2,1H3. The quantitative estimate of drug-likeness (QED) is 0.875. The maximum Gasteiger partial charge on any atom is 0.0795 e. The predicted octanol–water partition coefficient (Wildman–Crippen LogP) is 3.59. The summed E-state index contributed by atoms with van der Waals surface area (Å²) in [6.07, 6.45) is 3.26. The van der Waals surface area contributed by atoms with Crippen LogP contribution in [0.1, 0.15) is 36.5 Å². The first-order valence-corrected chi connectivity index (χ1v) is 5.90. The van der Waals surface area contributed by atoms with E-state index in [1.165, 1.54) is 18.4 Å². The van der Waals surface area contributed by atoms with E-state index in [0.29, 0.717) is 0 Å². The van der Waals surface area contributed by atoms with E-state index in [9.17, 15) is 5.11 Å². The van der Waals surface area contributed by atoms with Gasteiger partial charge in [0.05, 0.1) is 6.10 Å². The molecule has 0 amide bonds. The van der Waals surface area contributed by atoms with E-state index in [1.807, 2.05) is 12.1 Å². The smallest absolute Gasteiger partial charge is 0.0795 e. The number of benzene rings is 1. The van der Waals surface area contributed by atoms with Crippen molar-refractivity contribution in [3.05, 3.63) is 33.8 Å². The summed E-state index contributed by atoms with van der Waals surface area (Å²) in [6, 6.07) is 6.08. The molecule has 1 atom stereocenters. The summed E-state index contributed by atoms with van der Waals surface area (Å²) in [5.41, 5.74) is 2.26. The number of aliphatic hydroxyl groups is 1. The van der Waals surface area contributed by atoms with Gasteiger partial charge >= 0.3 is 0 Å². The summed E-state index contributed by atoms with van der Waals surface area (Å²) in [5, 5.41) is 9.99. The van der Waals surface area contributed by atoms with Crippen molar-refractivity contribution in [2.24, 2.45) is 5.92 Å². The van der Waals surface area contributed by atoms with Crippen LogP contribution in [0.3, 0.4) is 0 Å². The number of hydrogen-bond acceptors (Lipinski definition) is 1. The van der Waals surface area contributed by atoms with Crippen molar-refractivity contribution in [2.75, 3.05) is 0 Å². The normalized spacial score (nSPS) is 18.2. The van der Waals surface area contributed by atoms with Crippen LogP contribution in [0.5, 0.6) is 0 Å². The second-order valence-corrected chi connectivity index (χ2v) is 5.11. The fourth-order valence-electron chi connectivity index (χ4n) is 1.81. The highest BCUT2D eigenvalue weighted by atomic mass is 79.9. The lowest BCUT2D eigenvalue weighted by atomic mass is 10.00. The Labute approximate surface area is 93.3 Å². The minimum Gasteiger partial charge on any atom is -0.388 e. The molecular formula is C12H15BrO. The highest BCUT2D eigenvalue weighted by Crippen LogP contribution is 2.38. The Hall–Kier alpha value is -0.340. The molecule has 1 unspecified atom stereocenters. The summed E-state index contributed by atoms with van der Waals surface area (Å²) in [5.74, 6) is 0.771. The first kappa shape index (κ1) is 10.2. The molecule has 1 nitrogen and oxygen atoms in total. The van der Waals surface area contributed by atoms with Crippen LogP contribution in [0, 0.1) is 12.8 Å². The van der Waals surface area contributed by atoms with Crippen molar-refractivity contribution in [2.45, 2.75) is 32.3 Å². The summed E-state index contributed by atoms with van der Waals surface area (Å²) in [7, 11) is 0. The zero-order valence-electron chi connectivity index (χ0n) is 8.33. The molecule has 76 valence electrons. The van der Waals surface area contributed by atoms with E-state index < -0.39 is 0 Å². The molecule has 0 bridgehead atoms. The lowest BCUT2D eigenvalue weighted by Gasteiger charge is -2.13. The van der Waals surface area contributed by atoms with Crippen LogP contribution >= 0.6 is 15.9 Å². The van der Waals surface area contributed by atoms with Gasteiger partial charge in [0.1, 0.15) is 0 Å². The van der Waals surface area contributed by atoms with Gasteiger partial charge in [0.25, 0.3) is 0 Å². The zero-order valence-corrected chi connectivity index (χ0v) is 9.92. The van der Waals surface area contributed by atoms with Crippen LogP contribution in [0.4, 0.5) is 0 Å². The number of aliphatic hydroxyl groups excluding tert-OH is 1. The maximum atomic E-state index is 9.99. The van der Waals surface area contributed by atoms with Gasteiger partial charge in [0.15, 0.2) is 0 Å². The number of halogens is 1. The Morgan fingerprint density at radius 2 is 2.21 bits per heavy atom. The fourth-order valence-corrected chi connectivity index (χ4v) is 2.28. The Morgan fingerprint density at radius 3 is 2.79 bits per heavy atom. The maximum absolute atomic E-state index is 9.99. The molecule has 1 N–H and O–H groups in total. The number of hydrogen-bond donors (Lipinski definition) is 1. The Balaban J connectivity index is 2.13. The van der Waals surface area contributed by atoms with Gasteiger partial charge in [-0.3, -0.25) is 0 Å². The largest absolute Gasteiger partial charge is 0.388 e. The summed E-state index contributed by atoms with van der Waals surface area (Å²) < 4.78 is 1.08. The Bertz CT molecular complexity index is 331. The molecule has 1 aromatic carbocycles. The van der Waals surface area contributed by atoms with Gasteiger partial charge in [-0.25, -0.2) is 0 Å². The predicted molar refractivity (Wildman–Crippen MR) is 61.2 cm³/mol. The van der Waals surface area contributed by atoms with E-state index in [2.05, 4.69) is 28.9 Å². The van der Waals surface area contributed by atoms with E-state index in [1.54, 1.807) is 0 Å². The highest BCUT2D eigenvalue weighted by Gasteiger charge is 2.25. The van der Waals surface area contributed by atoms with Crippen LogP contribution < -0.4 is 0 Å². The molecule has 1 aliphatic carbocycles. The van der Waals surface area contributed by atoms with Crippen LogP contribution in [0.15, 0.2) is 22.7 Å². The van der Waals surface area contributed by atoms with Gasteiger partial charge in [-0.15, -0.1) is 0 Å². The third kappa shape index (κ3) is 2.37. The first-order valence-electron chi connectivity index (χ1n) is 5.11. The van der Waals surface area contributed by atoms with Gasteiger partial charge in [0.2, 0.25) is 0 Å². The average molecular weight is 255 g/mol. The van der Waals surface area contributed by atoms with Crippen molar-refractivity contribution in [3.8, 4) is 0 Å². The van der Waals surface area contributed by atoms with Crippen LogP contribution in [-0.4, -0.2) is 5.11 Å². The molecule has 1 saturated carbocycles. The fraction of sp³-hybridized carbons (Fsp3) is 0.500. The van der Waals surface area contributed by atoms with E-state index in [-0.39, 0.29) is 6.10 Å². The zero-order chi connectivity index (χ0) is 10.1. The van der Waals surface area contributed by atoms with E-state index >= 15 is 0 Å². The van der Waals surface area contributed by atoms with E-state index in [4.69, 9.17) is 0 Å². The molecule has 0 aliphatic heterocycles. The van der Waals surface area contributed by atoms with E-state index in [0.717, 1.165) is 22.4 Å². The summed E-state index contributed by atoms with van der Waals surface area (Å²) in [4.78, 5) is 0. The molecule has 1 aromatic rings. The molecule has 1 aliphatic rings. The molecule has 0 radical (unpaired) electrons. The van der Waals surface area contributed by atoms with Gasteiger partial charge in [-0.1, -0.05) is 34.8 Å². The molecular weight excluding hydrogens is 240 g/mol. The van der Waals surface area contributed by atoms with Crippen molar-refractivity contribution in [3.63, 3.8) is 0 Å². The van der Waals surface area contributed by atoms with Crippen molar-refractivity contribution < 1.29 is 5.11 Å². The molecule has 0 saturated heterocycles. The molecule has 2 heteroatoms. The lowest BCUT2D eigenvalue weighted by molar-refractivity contribution is 0.159. The van der Waals surface area contributed by atoms with Gasteiger partial charge in [-0.05, 0) is 42.5 Å². The first-order chi connectivity index (χ1) is 6.66. The molecule has 0 spiro atoms. The van der Waals surface area contributed by atoms with Crippen LogP contribution in [0.25, 0.3) is 0 Å². The molecule has 14 heavy (non-hydrogen) atoms. The monoisotopic (exact) mass is 254 g/mol. The van der Waals surface area contributed by atoms with Gasteiger partial charge in [-0.2, -0.15) is 0 Å². The second-order valence-electron chi connectivity index (χ2n) is 4.20. The summed E-state index contributed by atoms with van der Waals surface area (Å²) in [6.45, 7) is 2.05. The van der Waals surface area contributed by atoms with Crippen molar-refractivity contribution >= 4 is 15.9 Å². The van der Waals surface area contributed by atoms with Crippen molar-refractivity contribution in [1.82, 2.24) is 0 Å². The van der Waals surface area contributed by atoms with Crippen LogP contribution in [-0.2, 0) is 0 Å². The summed E-state index contributed by atoms with van der Waals surface area (Å²) >= 11 is 3.43. The molecule has 0 heterocycles. The Kier molecular flexibility index (Phi) is 2.93. The topological polar surface area (TPSA) is 20.2 Å². The van der Waals surface area contributed by atoms with Crippen molar-refractivity contribution in [1.29, 1.82) is 0 Å². The molecule has 0 aromatic heterocycles. The minimum atomic E-state index is -0.268. The Morgan fingerprint density at radius 1 is 1.50 bits per heavy atom. The second kappa shape index (κ2) is 4.03. The van der Waals surface area contributed by atoms with Gasteiger partial charge in [0, 0.05) is 4.47 Å². The lowest BCUT2D eigenvalue weighted by Crippen LogP contribution is -2.00. The number of rotatable bonds is 3. The average Bonchev–Trinajstić information content (AvgIpc) is 2.87. The van der Waals surface area contributed by atoms with Gasteiger partial charge < -0.3 is 5.11 Å². The number of aryl methyl sites for hydroxylation is 1. The highest BCUT2D eigenvalue weighted by molar-refractivity contribution is 9.10. The third-order valence-electron chi connectivity index (χ3n) is 2.84. The SMILES string of the molecule is Cc1cc(Br)ccc1C(O)CC1CC1. The molecule has 1 fully saturated rings.